The van der Waals surface area contributed by atoms with Gasteiger partial charge in [0.15, 0.2) is 6.73 Å². The van der Waals surface area contributed by atoms with Crippen LogP contribution in [-0.2, 0) is 23.8 Å². The molecule has 1 aliphatic heterocycles. The monoisotopic (exact) mass is 229 g/mol. The largest absolute Gasteiger partial charge is 0.509 e. The Labute approximate surface area is 91.3 Å². The van der Waals surface area contributed by atoms with Crippen molar-refractivity contribution < 1.29 is 28.6 Å². The van der Waals surface area contributed by atoms with E-state index in [4.69, 9.17) is 0 Å². The van der Waals surface area contributed by atoms with E-state index < -0.39 is 24.1 Å². The van der Waals surface area contributed by atoms with E-state index >= 15 is 0 Å². The lowest BCUT2D eigenvalue weighted by Gasteiger charge is -2.08. The number of rotatable bonds is 4. The minimum Gasteiger partial charge on any atom is -0.441 e. The predicted molar refractivity (Wildman–Crippen MR) is 50.1 cm³/mol. The Bertz CT molecular complexity index is 337. The summed E-state index contributed by atoms with van der Waals surface area (Å²) >= 11 is 0. The minimum absolute atomic E-state index is 0.140. The van der Waals surface area contributed by atoms with Crippen LogP contribution in [0.2, 0.25) is 0 Å². The highest BCUT2D eigenvalue weighted by Crippen LogP contribution is 2.05. The second kappa shape index (κ2) is 5.15. The molecule has 0 aromatic rings. The molecule has 1 atom stereocenters. The Morgan fingerprint density at radius 1 is 1.62 bits per heavy atom. The van der Waals surface area contributed by atoms with Gasteiger partial charge in [0.05, 0.1) is 0 Å². The van der Waals surface area contributed by atoms with Crippen molar-refractivity contribution in [3.8, 4) is 0 Å². The fraction of sp³-hybridized carbons (Fsp3) is 0.444. The van der Waals surface area contributed by atoms with Gasteiger partial charge >= 0.3 is 12.1 Å². The third kappa shape index (κ3) is 3.26. The maximum Gasteiger partial charge on any atom is 0.509 e. The Morgan fingerprint density at radius 3 is 2.81 bits per heavy atom. The van der Waals surface area contributed by atoms with Crippen LogP contribution in [0.4, 0.5) is 4.79 Å². The molecule has 0 saturated carbocycles. The first kappa shape index (κ1) is 12.0. The molecule has 1 unspecified atom stereocenters. The van der Waals surface area contributed by atoms with E-state index in [-0.39, 0.29) is 18.9 Å². The highest BCUT2D eigenvalue weighted by atomic mass is 16.8. The average molecular weight is 229 g/mol. The van der Waals surface area contributed by atoms with Gasteiger partial charge in [0.25, 0.3) is 5.91 Å². The molecule has 0 radical (unpaired) electrons. The maximum absolute atomic E-state index is 11.3. The summed E-state index contributed by atoms with van der Waals surface area (Å²) in [6, 6.07) is 0. The van der Waals surface area contributed by atoms with Crippen molar-refractivity contribution in [1.29, 1.82) is 0 Å². The summed E-state index contributed by atoms with van der Waals surface area (Å²) in [5, 5.41) is 2.25. The quantitative estimate of drug-likeness (QED) is 0.405. The zero-order valence-electron chi connectivity index (χ0n) is 8.65. The molecule has 7 nitrogen and oxygen atoms in total. The number of nitrogens with one attached hydrogen (secondary N) is 1. The third-order valence-electron chi connectivity index (χ3n) is 1.68. The van der Waals surface area contributed by atoms with Crippen LogP contribution in [0.3, 0.4) is 0 Å². The van der Waals surface area contributed by atoms with Crippen LogP contribution in [0, 0.1) is 0 Å². The Morgan fingerprint density at radius 2 is 2.31 bits per heavy atom. The number of ether oxygens (including phenoxy) is 3. The summed E-state index contributed by atoms with van der Waals surface area (Å²) in [5.41, 5.74) is 0.227. The van der Waals surface area contributed by atoms with Crippen LogP contribution in [0.15, 0.2) is 12.2 Å². The van der Waals surface area contributed by atoms with Gasteiger partial charge in [-0.25, -0.2) is 9.59 Å². The van der Waals surface area contributed by atoms with E-state index in [0.29, 0.717) is 0 Å². The Kier molecular flexibility index (Phi) is 3.87. The molecule has 0 bridgehead atoms. The van der Waals surface area contributed by atoms with Crippen molar-refractivity contribution in [2.45, 2.75) is 13.0 Å². The molecule has 0 spiro atoms. The van der Waals surface area contributed by atoms with Crippen molar-refractivity contribution in [2.24, 2.45) is 0 Å². The lowest BCUT2D eigenvalue weighted by molar-refractivity contribution is -0.142. The maximum atomic E-state index is 11.3. The normalized spacial score (nSPS) is 18.3. The van der Waals surface area contributed by atoms with E-state index in [0.717, 1.165) is 0 Å². The van der Waals surface area contributed by atoms with Crippen molar-refractivity contribution in [1.82, 2.24) is 5.32 Å². The summed E-state index contributed by atoms with van der Waals surface area (Å²) in [6.07, 6.45) is -1.88. The fourth-order valence-electron chi connectivity index (χ4n) is 0.867. The minimum atomic E-state index is -0.990. The van der Waals surface area contributed by atoms with Crippen LogP contribution in [0.5, 0.6) is 0 Å². The van der Waals surface area contributed by atoms with Crippen molar-refractivity contribution in [2.75, 3.05) is 13.3 Å². The highest BCUT2D eigenvalue weighted by Gasteiger charge is 2.31. The summed E-state index contributed by atoms with van der Waals surface area (Å²) in [5.74, 6) is -1.19. The molecule has 1 aliphatic rings. The van der Waals surface area contributed by atoms with Gasteiger partial charge in [-0.15, -0.1) is 0 Å². The van der Waals surface area contributed by atoms with E-state index in [1.54, 1.807) is 0 Å². The van der Waals surface area contributed by atoms with Gasteiger partial charge in [0, 0.05) is 5.57 Å². The first-order valence-electron chi connectivity index (χ1n) is 4.44. The number of carbonyl (C=O) groups excluding carboxylic acids is 3. The molecular formula is C9H11NO6. The molecule has 7 heteroatoms. The first-order valence-corrected chi connectivity index (χ1v) is 4.44. The van der Waals surface area contributed by atoms with Crippen LogP contribution in [0.25, 0.3) is 0 Å². The summed E-state index contributed by atoms with van der Waals surface area (Å²) in [7, 11) is 0. The Hall–Kier alpha value is -2.05. The SMILES string of the molecule is C=C(C)C(=O)OCNC(=O)C1COC(=O)O1. The van der Waals surface area contributed by atoms with E-state index in [2.05, 4.69) is 26.1 Å². The molecule has 1 fully saturated rings. The summed E-state index contributed by atoms with van der Waals surface area (Å²) in [6.45, 7) is 4.40. The second-order valence-corrected chi connectivity index (χ2v) is 3.06. The number of amides is 1. The average Bonchev–Trinajstić information content (AvgIpc) is 2.64. The summed E-state index contributed by atoms with van der Waals surface area (Å²) < 4.78 is 13.5. The van der Waals surface area contributed by atoms with Crippen LogP contribution in [0.1, 0.15) is 6.92 Å². The van der Waals surface area contributed by atoms with Gasteiger partial charge < -0.3 is 19.5 Å². The van der Waals surface area contributed by atoms with Gasteiger partial charge in [0.1, 0.15) is 6.61 Å². The third-order valence-corrected chi connectivity index (χ3v) is 1.68. The molecule has 1 N–H and O–H groups in total. The molecular weight excluding hydrogens is 218 g/mol. The van der Waals surface area contributed by atoms with E-state index in [1.807, 2.05) is 0 Å². The number of esters is 1. The fourth-order valence-corrected chi connectivity index (χ4v) is 0.867. The van der Waals surface area contributed by atoms with E-state index in [9.17, 15) is 14.4 Å². The van der Waals surface area contributed by atoms with Crippen molar-refractivity contribution >= 4 is 18.0 Å². The van der Waals surface area contributed by atoms with Gasteiger partial charge in [0.2, 0.25) is 6.10 Å². The molecule has 1 heterocycles. The number of cyclic esters (lactones) is 2. The number of carbonyl (C=O) groups is 3. The van der Waals surface area contributed by atoms with Crippen LogP contribution >= 0.6 is 0 Å². The molecule has 0 aromatic carbocycles. The van der Waals surface area contributed by atoms with Crippen molar-refractivity contribution in [3.05, 3.63) is 12.2 Å². The first-order chi connectivity index (χ1) is 7.50. The lowest BCUT2D eigenvalue weighted by atomic mass is 10.3. The lowest BCUT2D eigenvalue weighted by Crippen LogP contribution is -2.37. The molecule has 16 heavy (non-hydrogen) atoms. The zero-order valence-corrected chi connectivity index (χ0v) is 8.65. The topological polar surface area (TPSA) is 90.9 Å². The second-order valence-electron chi connectivity index (χ2n) is 3.06. The van der Waals surface area contributed by atoms with Gasteiger partial charge in [-0.3, -0.25) is 4.79 Å². The molecule has 88 valence electrons. The van der Waals surface area contributed by atoms with E-state index in [1.165, 1.54) is 6.92 Å². The molecule has 0 aromatic heterocycles. The standard InChI is InChI=1S/C9H11NO6/c1-5(2)8(12)15-4-10-7(11)6-3-14-9(13)16-6/h6H,1,3-4H2,2H3,(H,10,11). The van der Waals surface area contributed by atoms with Crippen molar-refractivity contribution in [3.63, 3.8) is 0 Å². The zero-order chi connectivity index (χ0) is 12.1. The summed E-state index contributed by atoms with van der Waals surface area (Å²) in [4.78, 5) is 32.7. The molecule has 1 saturated heterocycles. The van der Waals surface area contributed by atoms with Gasteiger partial charge in [-0.05, 0) is 6.92 Å². The molecule has 0 aliphatic carbocycles. The van der Waals surface area contributed by atoms with Gasteiger partial charge in [-0.1, -0.05) is 6.58 Å². The highest BCUT2D eigenvalue weighted by molar-refractivity contribution is 5.87. The molecule has 1 amide bonds. The smallest absolute Gasteiger partial charge is 0.441 e. The van der Waals surface area contributed by atoms with Gasteiger partial charge in [-0.2, -0.15) is 0 Å². The van der Waals surface area contributed by atoms with Crippen LogP contribution < -0.4 is 5.32 Å². The predicted octanol–water partition coefficient (Wildman–Crippen LogP) is -0.285. The molecule has 1 rings (SSSR count). The number of hydrogen-bond donors (Lipinski definition) is 1. The van der Waals surface area contributed by atoms with Crippen LogP contribution in [-0.4, -0.2) is 37.5 Å². The number of hydrogen-bond acceptors (Lipinski definition) is 6. The Balaban J connectivity index is 2.23.